The summed E-state index contributed by atoms with van der Waals surface area (Å²) in [6, 6.07) is 12.0. The molecule has 0 saturated heterocycles. The largest absolute Gasteiger partial charge is 0.456 e. The lowest BCUT2D eigenvalue weighted by Gasteiger charge is -2.07. The minimum absolute atomic E-state index is 0.0296. The number of carbonyl (C=O) groups is 3. The molecular formula is C19H18ClN3O6. The van der Waals surface area contributed by atoms with Gasteiger partial charge in [0.25, 0.3) is 11.6 Å². The second-order valence-corrected chi connectivity index (χ2v) is 6.36. The quantitative estimate of drug-likeness (QED) is 0.363. The number of hydrogen-bond donors (Lipinski definition) is 2. The third-order valence-corrected chi connectivity index (χ3v) is 3.87. The number of benzene rings is 2. The Morgan fingerprint density at radius 1 is 0.966 bits per heavy atom. The highest BCUT2D eigenvalue weighted by Crippen LogP contribution is 2.17. The predicted molar refractivity (Wildman–Crippen MR) is 107 cm³/mol. The van der Waals surface area contributed by atoms with E-state index in [1.807, 2.05) is 0 Å². The first-order valence-electron chi connectivity index (χ1n) is 8.59. The maximum Gasteiger partial charge on any atom is 0.306 e. The summed E-state index contributed by atoms with van der Waals surface area (Å²) in [6.07, 6.45) is 0.334. The van der Waals surface area contributed by atoms with Crippen LogP contribution in [0.2, 0.25) is 5.02 Å². The van der Waals surface area contributed by atoms with Crippen LogP contribution in [-0.4, -0.2) is 29.3 Å². The molecule has 9 nitrogen and oxygen atoms in total. The number of nitrogens with zero attached hydrogens (tertiary/aromatic N) is 1. The Kier molecular flexibility index (Phi) is 8.11. The van der Waals surface area contributed by atoms with Gasteiger partial charge >= 0.3 is 5.97 Å². The summed E-state index contributed by atoms with van der Waals surface area (Å²) in [5, 5.41) is 16.3. The molecular weight excluding hydrogens is 402 g/mol. The molecule has 0 radical (unpaired) electrons. The smallest absolute Gasteiger partial charge is 0.306 e. The van der Waals surface area contributed by atoms with Gasteiger partial charge in [0.1, 0.15) is 0 Å². The number of carbonyl (C=O) groups excluding carboxylic acids is 3. The summed E-state index contributed by atoms with van der Waals surface area (Å²) in [7, 11) is 0. The predicted octanol–water partition coefficient (Wildman–Crippen LogP) is 3.54. The van der Waals surface area contributed by atoms with Crippen molar-refractivity contribution in [3.8, 4) is 0 Å². The molecule has 0 aliphatic carbocycles. The van der Waals surface area contributed by atoms with E-state index in [4.69, 9.17) is 16.3 Å². The fourth-order valence-electron chi connectivity index (χ4n) is 2.26. The standard InChI is InChI=1S/C19H18ClN3O6/c20-13-7-9-14(10-8-13)21-17(24)5-2-6-19(26)29-12-18(25)22-15-3-1-4-16(11-15)23(27)28/h1,3-4,7-11H,2,5-6,12H2,(H,21,24)(H,22,25). The SMILES string of the molecule is O=C(CCCC(=O)OCC(=O)Nc1cccc([N+](=O)[O-])c1)Nc1ccc(Cl)cc1. The van der Waals surface area contributed by atoms with E-state index in [2.05, 4.69) is 10.6 Å². The van der Waals surface area contributed by atoms with Crippen LogP contribution in [0.5, 0.6) is 0 Å². The second-order valence-electron chi connectivity index (χ2n) is 5.92. The van der Waals surface area contributed by atoms with Crippen molar-refractivity contribution in [2.75, 3.05) is 17.2 Å². The van der Waals surface area contributed by atoms with E-state index in [9.17, 15) is 24.5 Å². The number of halogens is 1. The van der Waals surface area contributed by atoms with Crippen molar-refractivity contribution in [2.45, 2.75) is 19.3 Å². The van der Waals surface area contributed by atoms with Crippen molar-refractivity contribution in [2.24, 2.45) is 0 Å². The number of nitro benzene ring substituents is 1. The average molecular weight is 420 g/mol. The van der Waals surface area contributed by atoms with Crippen LogP contribution in [0.1, 0.15) is 19.3 Å². The molecule has 0 bridgehead atoms. The Morgan fingerprint density at radius 2 is 1.66 bits per heavy atom. The minimum Gasteiger partial charge on any atom is -0.456 e. The van der Waals surface area contributed by atoms with Crippen molar-refractivity contribution < 1.29 is 24.0 Å². The molecule has 2 aromatic rings. The lowest BCUT2D eigenvalue weighted by atomic mass is 10.2. The number of nitrogens with one attached hydrogen (secondary N) is 2. The molecule has 2 rings (SSSR count). The van der Waals surface area contributed by atoms with Gasteiger partial charge < -0.3 is 15.4 Å². The molecule has 0 fully saturated rings. The Labute approximate surface area is 171 Å². The van der Waals surface area contributed by atoms with Crippen molar-refractivity contribution in [1.82, 2.24) is 0 Å². The van der Waals surface area contributed by atoms with Gasteiger partial charge in [0, 0.05) is 41.4 Å². The summed E-state index contributed by atoms with van der Waals surface area (Å²) in [6.45, 7) is -0.529. The minimum atomic E-state index is -0.626. The number of esters is 1. The van der Waals surface area contributed by atoms with Gasteiger partial charge in [-0.05, 0) is 36.8 Å². The number of rotatable bonds is 9. The van der Waals surface area contributed by atoms with E-state index in [-0.39, 0.29) is 36.5 Å². The van der Waals surface area contributed by atoms with Crippen LogP contribution in [0.25, 0.3) is 0 Å². The highest BCUT2D eigenvalue weighted by molar-refractivity contribution is 6.30. The fourth-order valence-corrected chi connectivity index (χ4v) is 2.39. The van der Waals surface area contributed by atoms with Gasteiger partial charge in [0.15, 0.2) is 6.61 Å². The lowest BCUT2D eigenvalue weighted by Crippen LogP contribution is -2.21. The normalized spacial score (nSPS) is 10.1. The fraction of sp³-hybridized carbons (Fsp3) is 0.211. The first kappa shape index (κ1) is 21.8. The van der Waals surface area contributed by atoms with E-state index in [1.165, 1.54) is 24.3 Å². The number of ether oxygens (including phenoxy) is 1. The molecule has 0 aromatic heterocycles. The van der Waals surface area contributed by atoms with Crippen LogP contribution in [0.3, 0.4) is 0 Å². The Morgan fingerprint density at radius 3 is 2.34 bits per heavy atom. The summed E-state index contributed by atoms with van der Waals surface area (Å²) in [5.74, 6) is -1.51. The van der Waals surface area contributed by atoms with Crippen LogP contribution in [-0.2, 0) is 19.1 Å². The molecule has 10 heteroatoms. The molecule has 2 aromatic carbocycles. The summed E-state index contributed by atoms with van der Waals surface area (Å²) in [5.41, 5.74) is 0.649. The van der Waals surface area contributed by atoms with Gasteiger partial charge in [-0.1, -0.05) is 17.7 Å². The van der Waals surface area contributed by atoms with E-state index >= 15 is 0 Å². The zero-order valence-electron chi connectivity index (χ0n) is 15.2. The van der Waals surface area contributed by atoms with Gasteiger partial charge in [-0.15, -0.1) is 0 Å². The van der Waals surface area contributed by atoms with Gasteiger partial charge in [-0.25, -0.2) is 0 Å². The van der Waals surface area contributed by atoms with Crippen molar-refractivity contribution in [3.63, 3.8) is 0 Å². The van der Waals surface area contributed by atoms with E-state index < -0.39 is 23.4 Å². The highest BCUT2D eigenvalue weighted by atomic mass is 35.5. The van der Waals surface area contributed by atoms with Gasteiger partial charge in [0.05, 0.1) is 4.92 Å². The molecule has 29 heavy (non-hydrogen) atoms. The first-order chi connectivity index (χ1) is 13.8. The van der Waals surface area contributed by atoms with Crippen LogP contribution in [0.4, 0.5) is 17.1 Å². The lowest BCUT2D eigenvalue weighted by molar-refractivity contribution is -0.384. The first-order valence-corrected chi connectivity index (χ1v) is 8.96. The molecule has 0 aliphatic heterocycles. The van der Waals surface area contributed by atoms with Crippen molar-refractivity contribution >= 4 is 46.4 Å². The zero-order valence-corrected chi connectivity index (χ0v) is 16.0. The van der Waals surface area contributed by atoms with E-state index in [1.54, 1.807) is 24.3 Å². The number of non-ortho nitro benzene ring substituents is 1. The van der Waals surface area contributed by atoms with Crippen LogP contribution in [0.15, 0.2) is 48.5 Å². The molecule has 2 N–H and O–H groups in total. The van der Waals surface area contributed by atoms with E-state index in [0.717, 1.165) is 0 Å². The molecule has 152 valence electrons. The van der Waals surface area contributed by atoms with Gasteiger partial charge in [0.2, 0.25) is 5.91 Å². The molecule has 0 aliphatic rings. The van der Waals surface area contributed by atoms with E-state index in [0.29, 0.717) is 10.7 Å². The number of anilines is 2. The average Bonchev–Trinajstić information content (AvgIpc) is 2.68. The highest BCUT2D eigenvalue weighted by Gasteiger charge is 2.11. The van der Waals surface area contributed by atoms with Crippen LogP contribution >= 0.6 is 11.6 Å². The number of amides is 2. The Bertz CT molecular complexity index is 901. The third kappa shape index (κ3) is 7.97. The molecule has 0 heterocycles. The third-order valence-electron chi connectivity index (χ3n) is 3.62. The number of hydrogen-bond acceptors (Lipinski definition) is 6. The maximum atomic E-state index is 11.8. The maximum absolute atomic E-state index is 11.8. The van der Waals surface area contributed by atoms with Crippen LogP contribution < -0.4 is 10.6 Å². The number of nitro groups is 1. The summed E-state index contributed by atoms with van der Waals surface area (Å²) >= 11 is 5.76. The van der Waals surface area contributed by atoms with Crippen molar-refractivity contribution in [3.05, 3.63) is 63.7 Å². The Hall–Kier alpha value is -3.46. The topological polar surface area (TPSA) is 128 Å². The Balaban J connectivity index is 1.65. The molecule has 0 spiro atoms. The molecule has 0 atom stereocenters. The molecule has 0 unspecified atom stereocenters. The summed E-state index contributed by atoms with van der Waals surface area (Å²) < 4.78 is 4.84. The molecule has 2 amide bonds. The van der Waals surface area contributed by atoms with Crippen molar-refractivity contribution in [1.29, 1.82) is 0 Å². The summed E-state index contributed by atoms with van der Waals surface area (Å²) in [4.78, 5) is 45.4. The molecule has 0 saturated carbocycles. The van der Waals surface area contributed by atoms with Gasteiger partial charge in [-0.2, -0.15) is 0 Å². The zero-order chi connectivity index (χ0) is 21.2. The monoisotopic (exact) mass is 419 g/mol. The van der Waals surface area contributed by atoms with Crippen LogP contribution in [0, 0.1) is 10.1 Å². The van der Waals surface area contributed by atoms with Gasteiger partial charge in [-0.3, -0.25) is 24.5 Å². The second kappa shape index (κ2) is 10.8.